The molecule has 2 aliphatic heterocycles. The molecule has 0 unspecified atom stereocenters. The van der Waals surface area contributed by atoms with Gasteiger partial charge in [0.2, 0.25) is 5.91 Å². The highest BCUT2D eigenvalue weighted by molar-refractivity contribution is 7.99. The summed E-state index contributed by atoms with van der Waals surface area (Å²) in [4.78, 5) is 14.6. The summed E-state index contributed by atoms with van der Waals surface area (Å²) in [5.74, 6) is 2.93. The van der Waals surface area contributed by atoms with E-state index in [1.807, 2.05) is 18.8 Å². The van der Waals surface area contributed by atoms with Crippen molar-refractivity contribution in [2.24, 2.45) is 16.8 Å². The van der Waals surface area contributed by atoms with Crippen LogP contribution in [0.2, 0.25) is 0 Å². The molecule has 2 saturated heterocycles. The molecule has 0 atom stereocenters. The molecule has 0 saturated carbocycles. The second-order valence-corrected chi connectivity index (χ2v) is 7.40. The summed E-state index contributed by atoms with van der Waals surface area (Å²) in [5, 5.41) is 15.3. The molecule has 21 heavy (non-hydrogen) atoms. The molecule has 0 aromatic carbocycles. The number of amides is 1. The fourth-order valence-corrected chi connectivity index (χ4v) is 4.28. The minimum Gasteiger partial charge on any atom is -0.409 e. The zero-order valence-corrected chi connectivity index (χ0v) is 13.5. The fraction of sp³-hybridized carbons (Fsp3) is 0.857. The van der Waals surface area contributed by atoms with Crippen molar-refractivity contribution < 1.29 is 10.0 Å². The molecular weight excluding hydrogens is 288 g/mol. The van der Waals surface area contributed by atoms with Crippen LogP contribution in [-0.2, 0) is 4.79 Å². The Morgan fingerprint density at radius 1 is 1.43 bits per heavy atom. The number of piperidine rings is 1. The molecule has 7 heteroatoms. The normalized spacial score (nSPS) is 24.7. The second-order valence-electron chi connectivity index (χ2n) is 6.18. The first-order valence-corrected chi connectivity index (χ1v) is 8.76. The lowest BCUT2D eigenvalue weighted by Gasteiger charge is -2.40. The fourth-order valence-electron chi connectivity index (χ4n) is 3.07. The molecule has 2 heterocycles. The van der Waals surface area contributed by atoms with Crippen molar-refractivity contribution in [1.82, 2.24) is 10.2 Å². The van der Waals surface area contributed by atoms with Crippen LogP contribution < -0.4 is 11.1 Å². The van der Waals surface area contributed by atoms with E-state index in [4.69, 9.17) is 10.9 Å². The lowest BCUT2D eigenvalue weighted by molar-refractivity contribution is -0.123. The van der Waals surface area contributed by atoms with E-state index in [2.05, 4.69) is 15.4 Å². The number of carbonyl (C=O) groups is 1. The molecule has 0 aliphatic carbocycles. The Balaban J connectivity index is 1.96. The number of nitrogens with one attached hydrogen (secondary N) is 1. The van der Waals surface area contributed by atoms with Crippen LogP contribution in [-0.4, -0.2) is 59.0 Å². The summed E-state index contributed by atoms with van der Waals surface area (Å²) in [6.07, 6.45) is 4.14. The van der Waals surface area contributed by atoms with Gasteiger partial charge in [0.25, 0.3) is 0 Å². The van der Waals surface area contributed by atoms with Gasteiger partial charge in [-0.15, -0.1) is 0 Å². The quantitative estimate of drug-likeness (QED) is 0.310. The van der Waals surface area contributed by atoms with Crippen molar-refractivity contribution in [3.63, 3.8) is 0 Å². The molecule has 0 bridgehead atoms. The maximum Gasteiger partial charge on any atom is 0.221 e. The van der Waals surface area contributed by atoms with Crippen LogP contribution >= 0.6 is 11.8 Å². The average Bonchev–Trinajstić information content (AvgIpc) is 2.50. The van der Waals surface area contributed by atoms with Gasteiger partial charge in [0.1, 0.15) is 5.54 Å². The smallest absolute Gasteiger partial charge is 0.221 e. The largest absolute Gasteiger partial charge is 0.409 e. The van der Waals surface area contributed by atoms with E-state index in [0.717, 1.165) is 37.4 Å². The van der Waals surface area contributed by atoms with Crippen LogP contribution in [0, 0.1) is 5.92 Å². The van der Waals surface area contributed by atoms with E-state index in [0.29, 0.717) is 25.2 Å². The van der Waals surface area contributed by atoms with Gasteiger partial charge < -0.3 is 21.2 Å². The molecule has 0 aromatic rings. The highest BCUT2D eigenvalue weighted by Crippen LogP contribution is 2.27. The van der Waals surface area contributed by atoms with Crippen LogP contribution in [0.25, 0.3) is 0 Å². The van der Waals surface area contributed by atoms with Crippen molar-refractivity contribution in [3.8, 4) is 0 Å². The molecule has 0 aromatic heterocycles. The highest BCUT2D eigenvalue weighted by atomic mass is 32.2. The van der Waals surface area contributed by atoms with E-state index in [1.165, 1.54) is 0 Å². The van der Waals surface area contributed by atoms with Crippen molar-refractivity contribution in [3.05, 3.63) is 0 Å². The number of likely N-dealkylation sites (tertiary alicyclic amines) is 1. The molecular formula is C14H26N4O2S. The topological polar surface area (TPSA) is 91.0 Å². The van der Waals surface area contributed by atoms with E-state index in [9.17, 15) is 4.79 Å². The third-order valence-electron chi connectivity index (χ3n) is 4.63. The van der Waals surface area contributed by atoms with Crippen molar-refractivity contribution in [2.45, 2.75) is 37.6 Å². The third kappa shape index (κ3) is 4.26. The average molecular weight is 314 g/mol. The highest BCUT2D eigenvalue weighted by Gasteiger charge is 2.39. The first-order valence-electron chi connectivity index (χ1n) is 7.61. The van der Waals surface area contributed by atoms with E-state index < -0.39 is 5.54 Å². The van der Waals surface area contributed by atoms with Crippen molar-refractivity contribution >= 4 is 23.5 Å². The Hall–Kier alpha value is -0.950. The number of thioether (sulfide) groups is 1. The lowest BCUT2D eigenvalue weighted by atomic mass is 9.85. The maximum absolute atomic E-state index is 12.4. The molecule has 2 rings (SSSR count). The number of nitrogens with zero attached hydrogens (tertiary/aromatic N) is 2. The summed E-state index contributed by atoms with van der Waals surface area (Å²) in [6.45, 7) is 1.66. The molecule has 2 aliphatic rings. The number of rotatable bonds is 4. The van der Waals surface area contributed by atoms with Gasteiger partial charge in [0.15, 0.2) is 5.84 Å². The molecule has 120 valence electrons. The van der Waals surface area contributed by atoms with Crippen LogP contribution in [0.3, 0.4) is 0 Å². The number of carbonyl (C=O) groups excluding carboxylic acids is 1. The molecule has 1 amide bonds. The molecule has 6 nitrogen and oxygen atoms in total. The van der Waals surface area contributed by atoms with Gasteiger partial charge in [-0.05, 0) is 50.2 Å². The lowest BCUT2D eigenvalue weighted by Crippen LogP contribution is -2.62. The van der Waals surface area contributed by atoms with Gasteiger partial charge in [-0.25, -0.2) is 0 Å². The number of nitrogens with two attached hydrogens (primary N) is 1. The Morgan fingerprint density at radius 3 is 2.62 bits per heavy atom. The minimum atomic E-state index is -0.679. The Bertz CT molecular complexity index is 388. The van der Waals surface area contributed by atoms with Crippen LogP contribution in [0.4, 0.5) is 0 Å². The minimum absolute atomic E-state index is 0.0306. The van der Waals surface area contributed by atoms with Gasteiger partial charge in [-0.3, -0.25) is 4.79 Å². The Labute approximate surface area is 130 Å². The summed E-state index contributed by atoms with van der Waals surface area (Å²) >= 11 is 1.96. The summed E-state index contributed by atoms with van der Waals surface area (Å²) in [7, 11) is 2.04. The SMILES string of the molecule is CN1CCC(NC(=O)CC2CCSCC2)(C(N)=NO)CC1. The number of hydrogen-bond acceptors (Lipinski definition) is 5. The van der Waals surface area contributed by atoms with Crippen LogP contribution in [0.15, 0.2) is 5.16 Å². The summed E-state index contributed by atoms with van der Waals surface area (Å²) in [5.41, 5.74) is 5.19. The van der Waals surface area contributed by atoms with Crippen LogP contribution in [0.5, 0.6) is 0 Å². The Kier molecular flexibility index (Phi) is 5.75. The van der Waals surface area contributed by atoms with Gasteiger partial charge >= 0.3 is 0 Å². The third-order valence-corrected chi connectivity index (χ3v) is 5.68. The maximum atomic E-state index is 12.4. The second kappa shape index (κ2) is 7.35. The van der Waals surface area contributed by atoms with Crippen molar-refractivity contribution in [2.75, 3.05) is 31.6 Å². The van der Waals surface area contributed by atoms with E-state index in [-0.39, 0.29) is 11.7 Å². The van der Waals surface area contributed by atoms with Gasteiger partial charge in [-0.2, -0.15) is 11.8 Å². The molecule has 0 radical (unpaired) electrons. The standard InChI is InChI=1S/C14H26N4O2S/c1-18-6-4-14(5-7-18,13(15)17-20)16-12(19)10-11-2-8-21-9-3-11/h11,20H,2-10H2,1H3,(H2,15,17)(H,16,19). The summed E-state index contributed by atoms with van der Waals surface area (Å²) < 4.78 is 0. The van der Waals surface area contributed by atoms with Crippen molar-refractivity contribution in [1.29, 1.82) is 0 Å². The number of amidine groups is 1. The monoisotopic (exact) mass is 314 g/mol. The molecule has 4 N–H and O–H groups in total. The van der Waals surface area contributed by atoms with Gasteiger partial charge in [-0.1, -0.05) is 5.16 Å². The number of oxime groups is 1. The van der Waals surface area contributed by atoms with Gasteiger partial charge in [0.05, 0.1) is 0 Å². The van der Waals surface area contributed by atoms with E-state index in [1.54, 1.807) is 0 Å². The molecule has 2 fully saturated rings. The first kappa shape index (κ1) is 16.4. The van der Waals surface area contributed by atoms with Gasteiger partial charge in [0, 0.05) is 19.5 Å². The summed E-state index contributed by atoms with van der Waals surface area (Å²) in [6, 6.07) is 0. The van der Waals surface area contributed by atoms with Crippen LogP contribution in [0.1, 0.15) is 32.1 Å². The zero-order chi connectivity index (χ0) is 15.3. The van der Waals surface area contributed by atoms with E-state index >= 15 is 0 Å². The number of hydrogen-bond donors (Lipinski definition) is 3. The zero-order valence-electron chi connectivity index (χ0n) is 12.7. The predicted octanol–water partition coefficient (Wildman–Crippen LogP) is 0.847. The Morgan fingerprint density at radius 2 is 2.05 bits per heavy atom. The predicted molar refractivity (Wildman–Crippen MR) is 85.7 cm³/mol. The molecule has 0 spiro atoms. The first-order chi connectivity index (χ1) is 10.1.